The Kier molecular flexibility index (Phi) is 5.12. The summed E-state index contributed by atoms with van der Waals surface area (Å²) in [5.74, 6) is 0. The molecule has 2 unspecified atom stereocenters. The minimum Gasteiger partial charge on any atom is -0.394 e. The normalized spacial score (nSPS) is 20.3. The molecule has 1 fully saturated rings. The van der Waals surface area contributed by atoms with Crippen LogP contribution in [0, 0.1) is 0 Å². The standard InChI is InChI=1S/C14H22O4Si/c1-12(17-9-13-10-18-13)11-19(15-2,16-3)14-7-5-4-6-8-14/h4-8,12-13H,9-11H2,1-3H3. The molecule has 0 aliphatic carbocycles. The summed E-state index contributed by atoms with van der Waals surface area (Å²) in [7, 11) is 1.04. The molecule has 0 radical (unpaired) electrons. The number of epoxide rings is 1. The van der Waals surface area contributed by atoms with Gasteiger partial charge in [-0.05, 0) is 12.1 Å². The van der Waals surface area contributed by atoms with Crippen molar-refractivity contribution in [3.63, 3.8) is 0 Å². The van der Waals surface area contributed by atoms with Crippen LogP contribution in [-0.4, -0.2) is 48.2 Å². The lowest BCUT2D eigenvalue weighted by molar-refractivity contribution is 0.0591. The Morgan fingerprint density at radius 3 is 2.42 bits per heavy atom. The van der Waals surface area contributed by atoms with Crippen molar-refractivity contribution in [1.29, 1.82) is 0 Å². The average molecular weight is 282 g/mol. The highest BCUT2D eigenvalue weighted by Crippen LogP contribution is 2.18. The van der Waals surface area contributed by atoms with E-state index in [1.807, 2.05) is 18.2 Å². The predicted octanol–water partition coefficient (Wildman–Crippen LogP) is 1.43. The summed E-state index contributed by atoms with van der Waals surface area (Å²) in [6.07, 6.45) is 0.385. The molecule has 19 heavy (non-hydrogen) atoms. The van der Waals surface area contributed by atoms with Crippen LogP contribution in [0.4, 0.5) is 0 Å². The lowest BCUT2D eigenvalue weighted by atomic mass is 10.4. The van der Waals surface area contributed by atoms with Gasteiger partial charge in [0.2, 0.25) is 0 Å². The Bertz CT molecular complexity index is 376. The summed E-state index contributed by atoms with van der Waals surface area (Å²) in [6.45, 7) is 3.54. The van der Waals surface area contributed by atoms with Crippen molar-refractivity contribution in [3.8, 4) is 0 Å². The number of benzene rings is 1. The SMILES string of the molecule is CO[Si](CC(C)OCC1CO1)(OC)c1ccccc1. The number of rotatable bonds is 8. The van der Waals surface area contributed by atoms with Gasteiger partial charge in [0.1, 0.15) is 6.10 Å². The molecule has 1 aliphatic heterocycles. The van der Waals surface area contributed by atoms with Crippen molar-refractivity contribution < 1.29 is 18.3 Å². The number of hydrogen-bond acceptors (Lipinski definition) is 4. The van der Waals surface area contributed by atoms with Crippen LogP contribution < -0.4 is 5.19 Å². The number of ether oxygens (including phenoxy) is 2. The van der Waals surface area contributed by atoms with Crippen LogP contribution in [0.3, 0.4) is 0 Å². The Morgan fingerprint density at radius 1 is 1.26 bits per heavy atom. The second-order valence-electron chi connectivity index (χ2n) is 4.83. The van der Waals surface area contributed by atoms with Crippen molar-refractivity contribution in [2.24, 2.45) is 0 Å². The summed E-state index contributed by atoms with van der Waals surface area (Å²) in [5.41, 5.74) is 0. The molecule has 0 amide bonds. The fraction of sp³-hybridized carbons (Fsp3) is 0.571. The Hall–Kier alpha value is -0.723. The topological polar surface area (TPSA) is 40.2 Å². The van der Waals surface area contributed by atoms with Crippen LogP contribution >= 0.6 is 0 Å². The summed E-state index contributed by atoms with van der Waals surface area (Å²) >= 11 is 0. The van der Waals surface area contributed by atoms with Crippen molar-refractivity contribution in [2.75, 3.05) is 27.4 Å². The predicted molar refractivity (Wildman–Crippen MR) is 75.8 cm³/mol. The van der Waals surface area contributed by atoms with Gasteiger partial charge in [0.05, 0.1) is 19.3 Å². The van der Waals surface area contributed by atoms with Gasteiger partial charge < -0.3 is 18.3 Å². The molecular weight excluding hydrogens is 260 g/mol. The monoisotopic (exact) mass is 282 g/mol. The van der Waals surface area contributed by atoms with Gasteiger partial charge in [-0.15, -0.1) is 0 Å². The molecule has 1 aromatic carbocycles. The third kappa shape index (κ3) is 3.87. The Labute approximate surface area is 115 Å². The minimum atomic E-state index is -2.40. The van der Waals surface area contributed by atoms with Crippen molar-refractivity contribution in [1.82, 2.24) is 0 Å². The van der Waals surface area contributed by atoms with Crippen LogP contribution in [0.15, 0.2) is 30.3 Å². The lowest BCUT2D eigenvalue weighted by Gasteiger charge is -2.30. The van der Waals surface area contributed by atoms with E-state index in [0.29, 0.717) is 12.7 Å². The first-order valence-electron chi connectivity index (χ1n) is 6.59. The molecule has 0 spiro atoms. The molecule has 106 valence electrons. The highest BCUT2D eigenvalue weighted by Gasteiger charge is 2.40. The van der Waals surface area contributed by atoms with Crippen LogP contribution in [0.5, 0.6) is 0 Å². The molecule has 1 aromatic rings. The van der Waals surface area contributed by atoms with E-state index in [9.17, 15) is 0 Å². The molecule has 4 nitrogen and oxygen atoms in total. The lowest BCUT2D eigenvalue weighted by Crippen LogP contribution is -2.54. The second-order valence-corrected chi connectivity index (χ2v) is 8.14. The quantitative estimate of drug-likeness (QED) is 0.534. The number of hydrogen-bond donors (Lipinski definition) is 0. The van der Waals surface area contributed by atoms with E-state index < -0.39 is 8.56 Å². The highest BCUT2D eigenvalue weighted by molar-refractivity contribution is 6.81. The van der Waals surface area contributed by atoms with Gasteiger partial charge in [0, 0.05) is 20.3 Å². The zero-order chi connectivity index (χ0) is 13.7. The van der Waals surface area contributed by atoms with E-state index in [4.69, 9.17) is 18.3 Å². The summed E-state index contributed by atoms with van der Waals surface area (Å²) in [5, 5.41) is 1.14. The van der Waals surface area contributed by atoms with E-state index >= 15 is 0 Å². The Morgan fingerprint density at radius 2 is 1.89 bits per heavy atom. The fourth-order valence-corrected chi connectivity index (χ4v) is 4.95. The van der Waals surface area contributed by atoms with E-state index in [0.717, 1.165) is 17.8 Å². The molecule has 1 heterocycles. The first-order valence-corrected chi connectivity index (χ1v) is 8.61. The van der Waals surface area contributed by atoms with Gasteiger partial charge in [0.15, 0.2) is 0 Å². The maximum Gasteiger partial charge on any atom is 0.374 e. The largest absolute Gasteiger partial charge is 0.394 e. The minimum absolute atomic E-state index is 0.0935. The fourth-order valence-electron chi connectivity index (χ4n) is 2.17. The van der Waals surface area contributed by atoms with Gasteiger partial charge in [0.25, 0.3) is 0 Å². The molecule has 0 N–H and O–H groups in total. The zero-order valence-electron chi connectivity index (χ0n) is 11.8. The van der Waals surface area contributed by atoms with Gasteiger partial charge in [-0.25, -0.2) is 0 Å². The highest BCUT2D eigenvalue weighted by atomic mass is 28.4. The third-order valence-electron chi connectivity index (χ3n) is 3.40. The molecule has 1 aliphatic rings. The average Bonchev–Trinajstić information content (AvgIpc) is 3.28. The van der Waals surface area contributed by atoms with Gasteiger partial charge in [-0.3, -0.25) is 0 Å². The zero-order valence-corrected chi connectivity index (χ0v) is 12.8. The van der Waals surface area contributed by atoms with E-state index in [1.54, 1.807) is 14.2 Å². The smallest absolute Gasteiger partial charge is 0.374 e. The van der Waals surface area contributed by atoms with Gasteiger partial charge >= 0.3 is 8.56 Å². The molecule has 0 saturated carbocycles. The van der Waals surface area contributed by atoms with E-state index in [1.165, 1.54) is 0 Å². The van der Waals surface area contributed by atoms with Crippen LogP contribution in [0.25, 0.3) is 0 Å². The molecule has 2 atom stereocenters. The molecule has 1 saturated heterocycles. The molecule has 5 heteroatoms. The maximum atomic E-state index is 5.80. The van der Waals surface area contributed by atoms with Gasteiger partial charge in [-0.2, -0.15) is 0 Å². The van der Waals surface area contributed by atoms with E-state index in [-0.39, 0.29) is 6.10 Å². The summed E-state index contributed by atoms with van der Waals surface area (Å²) < 4.78 is 22.5. The van der Waals surface area contributed by atoms with Gasteiger partial charge in [-0.1, -0.05) is 30.3 Å². The van der Waals surface area contributed by atoms with Crippen LogP contribution in [0.2, 0.25) is 6.04 Å². The van der Waals surface area contributed by atoms with Crippen molar-refractivity contribution in [3.05, 3.63) is 30.3 Å². The molecule has 0 bridgehead atoms. The summed E-state index contributed by atoms with van der Waals surface area (Å²) in [4.78, 5) is 0. The molecular formula is C14H22O4Si. The van der Waals surface area contributed by atoms with E-state index in [2.05, 4.69) is 19.1 Å². The first-order chi connectivity index (χ1) is 9.20. The van der Waals surface area contributed by atoms with Crippen molar-refractivity contribution in [2.45, 2.75) is 25.2 Å². The maximum absolute atomic E-state index is 5.80. The first kappa shape index (κ1) is 14.7. The third-order valence-corrected chi connectivity index (χ3v) is 7.04. The van der Waals surface area contributed by atoms with Crippen LogP contribution in [-0.2, 0) is 18.3 Å². The van der Waals surface area contributed by atoms with Crippen molar-refractivity contribution >= 4 is 13.7 Å². The molecule has 2 rings (SSSR count). The molecule has 0 aromatic heterocycles. The van der Waals surface area contributed by atoms with Crippen LogP contribution in [0.1, 0.15) is 6.92 Å². The second kappa shape index (κ2) is 6.63. The Balaban J connectivity index is 2.01. The summed E-state index contributed by atoms with van der Waals surface area (Å²) in [6, 6.07) is 10.9.